The molecule has 0 bridgehead atoms. The van der Waals surface area contributed by atoms with Gasteiger partial charge in [-0.1, -0.05) is 371 Å². The Bertz CT molecular complexity index is 1150. The average molecular weight is 1110 g/mol. The molecule has 0 aromatic heterocycles. The van der Waals surface area contributed by atoms with Gasteiger partial charge in [-0.3, -0.25) is 0 Å². The van der Waals surface area contributed by atoms with Crippen molar-refractivity contribution >= 4 is 0 Å². The van der Waals surface area contributed by atoms with Gasteiger partial charge in [-0.2, -0.15) is 0 Å². The molecule has 0 saturated carbocycles. The van der Waals surface area contributed by atoms with Crippen LogP contribution in [-0.2, 0) is 0 Å². The first-order valence-corrected chi connectivity index (χ1v) is 34.2. The highest BCUT2D eigenvalue weighted by molar-refractivity contribution is 4.72. The predicted octanol–water partition coefficient (Wildman–Crippen LogP) is 30.2. The van der Waals surface area contributed by atoms with Crippen molar-refractivity contribution in [3.05, 3.63) is 0 Å². The lowest BCUT2D eigenvalue weighted by Crippen LogP contribution is -2.16. The van der Waals surface area contributed by atoms with Crippen LogP contribution in [0.1, 0.15) is 442 Å². The molecule has 0 atom stereocenters. The Kier molecular flexibility index (Phi) is 48.9. The van der Waals surface area contributed by atoms with Crippen LogP contribution in [0.4, 0.5) is 0 Å². The normalized spacial score (nSPS) is 13.4. The SMILES string of the molecule is CC(C)(C)CC(C)(C)C.CC(C)(C)CCCC(C)(C)C.CC(C)(C)CCCCCC(C)(C)C.CC(C)(C)CCCCCCC(C)(C)C.CC(C)(C)CCCCCCCC(C)(C)C.CC(C)(C)CCCCCCCCC(C)(C)C. The summed E-state index contributed by atoms with van der Waals surface area (Å²) in [6.45, 7) is 83.7. The second kappa shape index (κ2) is 42.7. The largest absolute Gasteiger partial charge is 0.0602 e. The standard InChI is InChI=1S/C16H34.C15H32.C14H30.C13H28.C11H24.C9H20/c1-15(2,3)13-11-9-7-8-10-12-14-16(4,5)6;1-14(2,3)12-10-8-7-9-11-13-15(4,5)6;1-13(2,3)11-9-7-8-10-12-14(4,5)6;1-12(2,3)10-8-7-9-11-13(4,5)6;1-10(2,3)8-7-9-11(4,5)6;1-8(2,3)7-9(4,5)6/h7-14H2,1-6H3;7-13H2,1-6H3;7-12H2,1-6H3;7-11H2,1-6H3;7-9H2,1-6H3;7H2,1-6H3. The van der Waals surface area contributed by atoms with Gasteiger partial charge in [0.25, 0.3) is 0 Å². The van der Waals surface area contributed by atoms with E-state index < -0.39 is 0 Å². The molecule has 0 aliphatic rings. The van der Waals surface area contributed by atoms with Crippen LogP contribution in [0.2, 0.25) is 0 Å². The zero-order chi connectivity index (χ0) is 63.2. The second-order valence-electron chi connectivity index (χ2n) is 40.1. The van der Waals surface area contributed by atoms with E-state index >= 15 is 0 Å². The van der Waals surface area contributed by atoms with Gasteiger partial charge in [-0.25, -0.2) is 0 Å². The summed E-state index contributed by atoms with van der Waals surface area (Å²) in [7, 11) is 0. The smallest absolute Gasteiger partial charge is 0.0378 e. The Labute approximate surface area is 504 Å². The van der Waals surface area contributed by atoms with Gasteiger partial charge >= 0.3 is 0 Å². The van der Waals surface area contributed by atoms with Gasteiger partial charge in [0.1, 0.15) is 0 Å². The zero-order valence-corrected chi connectivity index (χ0v) is 63.2. The molecule has 0 rings (SSSR count). The molecule has 0 spiro atoms. The first-order chi connectivity index (χ1) is 34.2. The average Bonchev–Trinajstić information content (AvgIpc) is 3.12. The van der Waals surface area contributed by atoms with Crippen molar-refractivity contribution in [1.29, 1.82) is 0 Å². The molecule has 78 heavy (non-hydrogen) atoms. The van der Waals surface area contributed by atoms with Crippen molar-refractivity contribution < 1.29 is 0 Å². The predicted molar refractivity (Wildman–Crippen MR) is 372 cm³/mol. The summed E-state index contributed by atoms with van der Waals surface area (Å²) in [5.41, 5.74) is 6.26. The number of hydrogen-bond acceptors (Lipinski definition) is 0. The molecule has 0 fully saturated rings. The molecule has 0 aromatic rings. The molecular weight excluding hydrogens is 937 g/mol. The van der Waals surface area contributed by atoms with Crippen LogP contribution >= 0.6 is 0 Å². The molecular formula is C78H168. The van der Waals surface area contributed by atoms with E-state index in [2.05, 4.69) is 249 Å². The third-order valence-electron chi connectivity index (χ3n) is 13.8. The summed E-state index contributed by atoms with van der Waals surface area (Å²) < 4.78 is 0. The minimum absolute atomic E-state index is 0.484. The molecule has 0 heterocycles. The summed E-state index contributed by atoms with van der Waals surface area (Å²) in [4.78, 5) is 0. The molecule has 0 radical (unpaired) electrons. The van der Waals surface area contributed by atoms with Crippen LogP contribution in [0, 0.1) is 65.0 Å². The number of rotatable bonds is 24. The van der Waals surface area contributed by atoms with Gasteiger partial charge in [0.05, 0.1) is 0 Å². The Morgan fingerprint density at radius 1 is 0.103 bits per heavy atom. The van der Waals surface area contributed by atoms with Crippen molar-refractivity contribution in [3.8, 4) is 0 Å². The van der Waals surface area contributed by atoms with E-state index in [9.17, 15) is 0 Å². The molecule has 0 saturated heterocycles. The van der Waals surface area contributed by atoms with Crippen LogP contribution in [0.5, 0.6) is 0 Å². The van der Waals surface area contributed by atoms with E-state index in [-0.39, 0.29) is 0 Å². The van der Waals surface area contributed by atoms with Crippen molar-refractivity contribution in [2.45, 2.75) is 442 Å². The maximum atomic E-state index is 2.34. The maximum absolute atomic E-state index is 2.34. The second-order valence-corrected chi connectivity index (χ2v) is 40.1. The van der Waals surface area contributed by atoms with Crippen LogP contribution < -0.4 is 0 Å². The van der Waals surface area contributed by atoms with E-state index in [0.29, 0.717) is 65.0 Å². The van der Waals surface area contributed by atoms with Crippen LogP contribution in [-0.4, -0.2) is 0 Å². The third kappa shape index (κ3) is 119. The van der Waals surface area contributed by atoms with Crippen molar-refractivity contribution in [2.75, 3.05) is 0 Å². The Balaban J connectivity index is -0.000000201. The molecule has 0 unspecified atom stereocenters. The van der Waals surface area contributed by atoms with Crippen molar-refractivity contribution in [1.82, 2.24) is 0 Å². The Morgan fingerprint density at radius 2 is 0.192 bits per heavy atom. The van der Waals surface area contributed by atoms with Gasteiger partial charge < -0.3 is 0 Å². The quantitative estimate of drug-likeness (QED) is 0.0845. The summed E-state index contributed by atoms with van der Waals surface area (Å²) in [5.74, 6) is 0. The van der Waals surface area contributed by atoms with Gasteiger partial charge in [-0.05, 0) is 136 Å². The molecule has 0 aliphatic carbocycles. The monoisotopic (exact) mass is 1110 g/mol. The maximum Gasteiger partial charge on any atom is -0.0378 e. The topological polar surface area (TPSA) is 0 Å². The third-order valence-corrected chi connectivity index (χ3v) is 13.8. The zero-order valence-electron chi connectivity index (χ0n) is 63.2. The van der Waals surface area contributed by atoms with E-state index in [1.807, 2.05) is 0 Å². The molecule has 0 nitrogen and oxygen atoms in total. The lowest BCUT2D eigenvalue weighted by molar-refractivity contribution is 0.233. The van der Waals surface area contributed by atoms with Gasteiger partial charge in [-0.15, -0.1) is 0 Å². The highest BCUT2D eigenvalue weighted by Crippen LogP contribution is 2.33. The van der Waals surface area contributed by atoms with Crippen molar-refractivity contribution in [3.63, 3.8) is 0 Å². The summed E-state index contributed by atoms with van der Waals surface area (Å²) in [5, 5.41) is 0. The molecule has 0 amide bonds. The van der Waals surface area contributed by atoms with Gasteiger partial charge in [0.15, 0.2) is 0 Å². The summed E-state index contributed by atoms with van der Waals surface area (Å²) in [6.07, 6.45) is 42.0. The van der Waals surface area contributed by atoms with Crippen LogP contribution in [0.25, 0.3) is 0 Å². The highest BCUT2D eigenvalue weighted by Gasteiger charge is 2.21. The van der Waals surface area contributed by atoms with E-state index in [1.165, 1.54) is 193 Å². The first-order valence-electron chi connectivity index (χ1n) is 34.2. The summed E-state index contributed by atoms with van der Waals surface area (Å²) >= 11 is 0. The molecule has 0 N–H and O–H groups in total. The Morgan fingerprint density at radius 3 is 0.282 bits per heavy atom. The number of unbranched alkanes of at least 4 members (excludes halogenated alkanes) is 14. The summed E-state index contributed by atoms with van der Waals surface area (Å²) in [6, 6.07) is 0. The number of hydrogen-bond donors (Lipinski definition) is 0. The minimum Gasteiger partial charge on any atom is -0.0602 e. The van der Waals surface area contributed by atoms with Crippen molar-refractivity contribution in [2.24, 2.45) is 65.0 Å². The Hall–Kier alpha value is 0. The molecule has 480 valence electrons. The minimum atomic E-state index is 0.484. The highest BCUT2D eigenvalue weighted by atomic mass is 14.3. The lowest BCUT2D eigenvalue weighted by atomic mass is 9.78. The fourth-order valence-electron chi connectivity index (χ4n) is 9.75. The van der Waals surface area contributed by atoms with Crippen LogP contribution in [0.3, 0.4) is 0 Å². The lowest BCUT2D eigenvalue weighted by Gasteiger charge is -2.28. The van der Waals surface area contributed by atoms with Gasteiger partial charge in [0, 0.05) is 0 Å². The van der Waals surface area contributed by atoms with E-state index in [0.717, 1.165) is 0 Å². The van der Waals surface area contributed by atoms with Gasteiger partial charge in [0.2, 0.25) is 0 Å². The fourth-order valence-corrected chi connectivity index (χ4v) is 9.75. The van der Waals surface area contributed by atoms with E-state index in [4.69, 9.17) is 0 Å². The fraction of sp³-hybridized carbons (Fsp3) is 1.00. The van der Waals surface area contributed by atoms with E-state index in [1.54, 1.807) is 0 Å². The molecule has 0 aromatic carbocycles. The molecule has 0 aliphatic heterocycles. The van der Waals surface area contributed by atoms with Crippen LogP contribution in [0.15, 0.2) is 0 Å². The first kappa shape index (κ1) is 89.2. The molecule has 0 heteroatoms.